The number of aliphatic hydroxyl groups excluding tert-OH is 1. The van der Waals surface area contributed by atoms with Crippen LogP contribution in [0.2, 0.25) is 0 Å². The molecular weight excluding hydrogens is 308 g/mol. The number of aliphatic hydroxyl groups is 1. The van der Waals surface area contributed by atoms with Gasteiger partial charge in [0.05, 0.1) is 92.5 Å². The lowest BCUT2D eigenvalue weighted by atomic mass is 10.4. The average molecular weight is 338 g/mol. The second-order valence-corrected chi connectivity index (χ2v) is 4.82. The van der Waals surface area contributed by atoms with Gasteiger partial charge < -0.3 is 38.3 Å². The maximum absolute atomic E-state index is 8.74. The molecule has 0 spiro atoms. The summed E-state index contributed by atoms with van der Waals surface area (Å²) in [5, 5.41) is 8.74. The zero-order chi connectivity index (χ0) is 16.4. The molecule has 1 heterocycles. The second kappa shape index (κ2) is 16.5. The fourth-order valence-electron chi connectivity index (χ4n) is 1.79. The highest BCUT2D eigenvalue weighted by atomic mass is 16.6. The topological polar surface area (TPSA) is 84.8 Å². The Morgan fingerprint density at radius 3 is 1.70 bits per heavy atom. The van der Waals surface area contributed by atoms with Crippen LogP contribution < -0.4 is 0 Å². The summed E-state index contributed by atoms with van der Waals surface area (Å²) in [7, 11) is 0. The summed E-state index contributed by atoms with van der Waals surface area (Å²) in [5.41, 5.74) is 0. The molecule has 1 fully saturated rings. The minimum absolute atomic E-state index is 0.00734. The molecule has 0 aromatic heterocycles. The minimum Gasteiger partial charge on any atom is -0.394 e. The Bertz CT molecular complexity index is 224. The Balaban J connectivity index is 2.21. The molecular formula is C15H30O8. The lowest BCUT2D eigenvalue weighted by molar-refractivity contribution is -0.0864. The molecule has 1 unspecified atom stereocenters. The molecule has 0 aromatic carbocycles. The Hall–Kier alpha value is -0.320. The average Bonchev–Trinajstić information content (AvgIpc) is 2.56. The fourth-order valence-corrected chi connectivity index (χ4v) is 1.79. The van der Waals surface area contributed by atoms with Crippen molar-refractivity contribution in [2.45, 2.75) is 6.10 Å². The highest BCUT2D eigenvalue weighted by Gasteiger charge is 2.10. The Morgan fingerprint density at radius 2 is 1.17 bits per heavy atom. The molecule has 8 heteroatoms. The van der Waals surface area contributed by atoms with E-state index in [0.29, 0.717) is 79.3 Å². The molecule has 1 aliphatic heterocycles. The van der Waals surface area contributed by atoms with Gasteiger partial charge in [0, 0.05) is 0 Å². The second-order valence-electron chi connectivity index (χ2n) is 4.82. The van der Waals surface area contributed by atoms with Crippen molar-refractivity contribution in [3.63, 3.8) is 0 Å². The molecule has 1 saturated heterocycles. The molecule has 1 atom stereocenters. The van der Waals surface area contributed by atoms with Crippen LogP contribution in [0.5, 0.6) is 0 Å². The first-order chi connectivity index (χ1) is 11.4. The smallest absolute Gasteiger partial charge is 0.104 e. The normalized spacial score (nSPS) is 24.7. The van der Waals surface area contributed by atoms with E-state index >= 15 is 0 Å². The Morgan fingerprint density at radius 1 is 0.696 bits per heavy atom. The third-order valence-electron chi connectivity index (χ3n) is 2.91. The summed E-state index contributed by atoms with van der Waals surface area (Å²) < 4.78 is 38.0. The van der Waals surface area contributed by atoms with Gasteiger partial charge in [-0.3, -0.25) is 0 Å². The van der Waals surface area contributed by atoms with E-state index in [1.54, 1.807) is 0 Å². The zero-order valence-electron chi connectivity index (χ0n) is 13.8. The molecule has 0 aromatic rings. The van der Waals surface area contributed by atoms with Crippen LogP contribution in [0.4, 0.5) is 0 Å². The van der Waals surface area contributed by atoms with E-state index in [1.807, 2.05) is 0 Å². The van der Waals surface area contributed by atoms with E-state index in [0.717, 1.165) is 0 Å². The minimum atomic E-state index is -0.191. The van der Waals surface area contributed by atoms with Crippen LogP contribution in [0, 0.1) is 0 Å². The lowest BCUT2D eigenvalue weighted by Crippen LogP contribution is -2.29. The van der Waals surface area contributed by atoms with E-state index in [9.17, 15) is 0 Å². The first kappa shape index (κ1) is 20.7. The van der Waals surface area contributed by atoms with Gasteiger partial charge in [-0.15, -0.1) is 0 Å². The van der Waals surface area contributed by atoms with Crippen molar-refractivity contribution in [1.82, 2.24) is 0 Å². The van der Waals surface area contributed by atoms with Crippen molar-refractivity contribution >= 4 is 0 Å². The quantitative estimate of drug-likeness (QED) is 0.686. The molecule has 1 N–H and O–H groups in total. The molecule has 23 heavy (non-hydrogen) atoms. The number of ether oxygens (including phenoxy) is 7. The predicted octanol–water partition coefficient (Wildman–Crippen LogP) is -0.523. The van der Waals surface area contributed by atoms with Crippen molar-refractivity contribution in [2.24, 2.45) is 0 Å². The van der Waals surface area contributed by atoms with Gasteiger partial charge in [-0.25, -0.2) is 0 Å². The van der Waals surface area contributed by atoms with E-state index in [1.165, 1.54) is 0 Å². The lowest BCUT2D eigenvalue weighted by Gasteiger charge is -2.18. The zero-order valence-corrected chi connectivity index (χ0v) is 13.8. The fraction of sp³-hybridized carbons (Fsp3) is 1.00. The maximum atomic E-state index is 8.74. The molecule has 0 aliphatic carbocycles. The van der Waals surface area contributed by atoms with Gasteiger partial charge in [-0.2, -0.15) is 0 Å². The molecule has 1 aliphatic rings. The van der Waals surface area contributed by atoms with Crippen LogP contribution >= 0.6 is 0 Å². The summed E-state index contributed by atoms with van der Waals surface area (Å²) in [6.07, 6.45) is -0.191. The van der Waals surface area contributed by atoms with Gasteiger partial charge in [0.2, 0.25) is 0 Å². The van der Waals surface area contributed by atoms with Crippen molar-refractivity contribution in [1.29, 1.82) is 0 Å². The summed E-state index contributed by atoms with van der Waals surface area (Å²) >= 11 is 0. The van der Waals surface area contributed by atoms with Crippen LogP contribution in [0.3, 0.4) is 0 Å². The summed E-state index contributed by atoms with van der Waals surface area (Å²) in [6.45, 7) is 6.23. The third-order valence-corrected chi connectivity index (χ3v) is 2.91. The Labute approximate surface area is 137 Å². The Kier molecular flexibility index (Phi) is 14.9. The van der Waals surface area contributed by atoms with Crippen LogP contribution in [0.25, 0.3) is 0 Å². The molecule has 0 saturated carbocycles. The maximum Gasteiger partial charge on any atom is 0.104 e. The molecule has 8 nitrogen and oxygen atoms in total. The van der Waals surface area contributed by atoms with Crippen molar-refractivity contribution in [3.8, 4) is 0 Å². The first-order valence-corrected chi connectivity index (χ1v) is 8.12. The van der Waals surface area contributed by atoms with Crippen LogP contribution in [0.1, 0.15) is 0 Å². The van der Waals surface area contributed by atoms with E-state index in [2.05, 4.69) is 0 Å². The van der Waals surface area contributed by atoms with Gasteiger partial charge >= 0.3 is 0 Å². The molecule has 138 valence electrons. The number of hydrogen-bond acceptors (Lipinski definition) is 8. The predicted molar refractivity (Wildman–Crippen MR) is 81.7 cm³/mol. The number of rotatable bonds is 4. The van der Waals surface area contributed by atoms with Crippen LogP contribution in [0.15, 0.2) is 0 Å². The van der Waals surface area contributed by atoms with Crippen LogP contribution in [-0.2, 0) is 33.2 Å². The standard InChI is InChI=1S/C15H30O8/c16-1-2-21-13-15-14-22-10-9-19-6-5-17-3-4-18-7-8-20-11-12-23-15/h15-16H,1-14H2. The SMILES string of the molecule is OCCOCC1COCCOCCOCCOCCOCCO1. The monoisotopic (exact) mass is 338 g/mol. The van der Waals surface area contributed by atoms with Crippen molar-refractivity contribution in [3.05, 3.63) is 0 Å². The highest BCUT2D eigenvalue weighted by molar-refractivity contribution is 4.56. The molecule has 0 amide bonds. The largest absolute Gasteiger partial charge is 0.394 e. The van der Waals surface area contributed by atoms with E-state index < -0.39 is 0 Å². The van der Waals surface area contributed by atoms with Gasteiger partial charge in [-0.1, -0.05) is 0 Å². The van der Waals surface area contributed by atoms with Gasteiger partial charge in [-0.05, 0) is 0 Å². The molecule has 0 radical (unpaired) electrons. The molecule has 0 bridgehead atoms. The highest BCUT2D eigenvalue weighted by Crippen LogP contribution is 1.97. The summed E-state index contributed by atoms with van der Waals surface area (Å²) in [5.74, 6) is 0. The number of hydrogen-bond donors (Lipinski definition) is 1. The third kappa shape index (κ3) is 13.8. The summed E-state index contributed by atoms with van der Waals surface area (Å²) in [6, 6.07) is 0. The van der Waals surface area contributed by atoms with Gasteiger partial charge in [0.25, 0.3) is 0 Å². The first-order valence-electron chi connectivity index (χ1n) is 8.12. The van der Waals surface area contributed by atoms with Gasteiger partial charge in [0.1, 0.15) is 6.10 Å². The molecule has 1 rings (SSSR count). The summed E-state index contributed by atoms with van der Waals surface area (Å²) in [4.78, 5) is 0. The van der Waals surface area contributed by atoms with Crippen LogP contribution in [-0.4, -0.2) is 104 Å². The van der Waals surface area contributed by atoms with Crippen molar-refractivity contribution in [2.75, 3.05) is 92.5 Å². The van der Waals surface area contributed by atoms with E-state index in [-0.39, 0.29) is 19.3 Å². The van der Waals surface area contributed by atoms with E-state index in [4.69, 9.17) is 38.3 Å². The van der Waals surface area contributed by atoms with Gasteiger partial charge in [0.15, 0.2) is 0 Å². The van der Waals surface area contributed by atoms with Crippen molar-refractivity contribution < 1.29 is 38.3 Å².